The number of hydrogen-bond donors (Lipinski definition) is 0. The van der Waals surface area contributed by atoms with E-state index >= 15 is 0 Å². The molecule has 2 rings (SSSR count). The van der Waals surface area contributed by atoms with Crippen molar-refractivity contribution in [2.75, 3.05) is 13.6 Å². The Labute approximate surface area is 83.5 Å². The standard InChI is InChI=1S/C10H19N.C2H6/c1-9-4-7-11(2)10(8-9)5-3-6-10;1-2/h9H,3-8H2,1-2H3;1-2H3. The molecule has 13 heavy (non-hydrogen) atoms. The fraction of sp³-hybridized carbons (Fsp3) is 1.00. The Balaban J connectivity index is 0.000000396. The molecule has 2 fully saturated rings. The Bertz CT molecular complexity index is 149. The molecule has 0 bridgehead atoms. The molecule has 1 unspecified atom stereocenters. The highest BCUT2D eigenvalue weighted by Gasteiger charge is 2.43. The van der Waals surface area contributed by atoms with Gasteiger partial charge in [-0.25, -0.2) is 0 Å². The molecule has 0 aromatic rings. The fourth-order valence-corrected chi connectivity index (χ4v) is 2.73. The second kappa shape index (κ2) is 4.45. The molecule has 1 aliphatic heterocycles. The largest absolute Gasteiger partial charge is 0.301 e. The van der Waals surface area contributed by atoms with Gasteiger partial charge in [0, 0.05) is 5.54 Å². The van der Waals surface area contributed by atoms with E-state index in [0.29, 0.717) is 5.54 Å². The average Bonchev–Trinajstić information content (AvgIpc) is 2.10. The summed E-state index contributed by atoms with van der Waals surface area (Å²) in [5.74, 6) is 0.978. The van der Waals surface area contributed by atoms with Gasteiger partial charge in [-0.15, -0.1) is 0 Å². The van der Waals surface area contributed by atoms with Crippen LogP contribution in [0.3, 0.4) is 0 Å². The van der Waals surface area contributed by atoms with Crippen molar-refractivity contribution in [3.05, 3.63) is 0 Å². The van der Waals surface area contributed by atoms with Crippen LogP contribution in [0, 0.1) is 5.92 Å². The van der Waals surface area contributed by atoms with Crippen molar-refractivity contribution >= 4 is 0 Å². The van der Waals surface area contributed by atoms with Crippen LogP contribution in [0.1, 0.15) is 52.9 Å². The first-order chi connectivity index (χ1) is 6.23. The topological polar surface area (TPSA) is 3.24 Å². The van der Waals surface area contributed by atoms with Crippen LogP contribution in [0.5, 0.6) is 0 Å². The van der Waals surface area contributed by atoms with Gasteiger partial charge in [-0.2, -0.15) is 0 Å². The van der Waals surface area contributed by atoms with Crippen LogP contribution in [-0.4, -0.2) is 24.0 Å². The minimum atomic E-state index is 0.664. The number of rotatable bonds is 0. The van der Waals surface area contributed by atoms with E-state index in [-0.39, 0.29) is 0 Å². The first-order valence-corrected chi connectivity index (χ1v) is 5.94. The Morgan fingerprint density at radius 1 is 1.23 bits per heavy atom. The lowest BCUT2D eigenvalue weighted by Crippen LogP contribution is -2.55. The summed E-state index contributed by atoms with van der Waals surface area (Å²) in [5.41, 5.74) is 0.664. The second-order valence-corrected chi connectivity index (χ2v) is 4.60. The fourth-order valence-electron chi connectivity index (χ4n) is 2.73. The normalized spacial score (nSPS) is 31.8. The zero-order chi connectivity index (χ0) is 9.90. The molecule has 0 amide bonds. The van der Waals surface area contributed by atoms with Gasteiger partial charge in [-0.05, 0) is 51.6 Å². The molecule has 0 aromatic heterocycles. The van der Waals surface area contributed by atoms with Crippen LogP contribution >= 0.6 is 0 Å². The van der Waals surface area contributed by atoms with E-state index < -0.39 is 0 Å². The van der Waals surface area contributed by atoms with Crippen molar-refractivity contribution < 1.29 is 0 Å². The monoisotopic (exact) mass is 183 g/mol. The maximum atomic E-state index is 2.61. The lowest BCUT2D eigenvalue weighted by atomic mass is 9.68. The molecule has 1 spiro atoms. The van der Waals surface area contributed by atoms with Crippen molar-refractivity contribution in [1.82, 2.24) is 4.90 Å². The van der Waals surface area contributed by atoms with Crippen molar-refractivity contribution in [3.8, 4) is 0 Å². The molecule has 1 saturated carbocycles. The molecule has 78 valence electrons. The lowest BCUT2D eigenvalue weighted by Gasteiger charge is -2.53. The van der Waals surface area contributed by atoms with Gasteiger partial charge in [0.2, 0.25) is 0 Å². The Kier molecular flexibility index (Phi) is 3.78. The van der Waals surface area contributed by atoms with Crippen LogP contribution in [0.25, 0.3) is 0 Å². The first kappa shape index (κ1) is 11.0. The summed E-state index contributed by atoms with van der Waals surface area (Å²) in [6.45, 7) is 7.74. The van der Waals surface area contributed by atoms with Crippen LogP contribution in [0.15, 0.2) is 0 Å². The van der Waals surface area contributed by atoms with E-state index in [4.69, 9.17) is 0 Å². The lowest BCUT2D eigenvalue weighted by molar-refractivity contribution is -0.0156. The van der Waals surface area contributed by atoms with Gasteiger partial charge in [0.1, 0.15) is 0 Å². The average molecular weight is 183 g/mol. The highest BCUT2D eigenvalue weighted by molar-refractivity contribution is 5.00. The van der Waals surface area contributed by atoms with Crippen LogP contribution in [0.4, 0.5) is 0 Å². The molecule has 2 aliphatic rings. The van der Waals surface area contributed by atoms with Crippen LogP contribution in [0.2, 0.25) is 0 Å². The van der Waals surface area contributed by atoms with E-state index in [1.165, 1.54) is 38.6 Å². The van der Waals surface area contributed by atoms with Crippen molar-refractivity contribution in [3.63, 3.8) is 0 Å². The minimum absolute atomic E-state index is 0.664. The molecule has 1 atom stereocenters. The predicted molar refractivity (Wildman–Crippen MR) is 59.0 cm³/mol. The highest BCUT2D eigenvalue weighted by Crippen LogP contribution is 2.44. The van der Waals surface area contributed by atoms with Crippen LogP contribution < -0.4 is 0 Å². The summed E-state index contributed by atoms with van der Waals surface area (Å²) in [7, 11) is 2.31. The number of piperidine rings is 1. The second-order valence-electron chi connectivity index (χ2n) is 4.60. The summed E-state index contributed by atoms with van der Waals surface area (Å²) in [4.78, 5) is 2.61. The van der Waals surface area contributed by atoms with Crippen molar-refractivity contribution in [2.24, 2.45) is 5.92 Å². The van der Waals surface area contributed by atoms with Crippen LogP contribution in [-0.2, 0) is 0 Å². The third-order valence-corrected chi connectivity index (χ3v) is 3.78. The molecular weight excluding hydrogens is 158 g/mol. The molecule has 0 radical (unpaired) electrons. The molecular formula is C12H25N. The zero-order valence-electron chi connectivity index (χ0n) is 9.77. The highest BCUT2D eigenvalue weighted by atomic mass is 15.2. The summed E-state index contributed by atoms with van der Waals surface area (Å²) < 4.78 is 0. The number of hydrogen-bond acceptors (Lipinski definition) is 1. The smallest absolute Gasteiger partial charge is 0.0209 e. The predicted octanol–water partition coefficient (Wildman–Crippen LogP) is 3.30. The minimum Gasteiger partial charge on any atom is -0.301 e. The summed E-state index contributed by atoms with van der Waals surface area (Å²) in [6, 6.07) is 0. The molecule has 1 aliphatic carbocycles. The van der Waals surface area contributed by atoms with Gasteiger partial charge in [0.05, 0.1) is 0 Å². The summed E-state index contributed by atoms with van der Waals surface area (Å²) in [6.07, 6.45) is 7.28. The Hall–Kier alpha value is -0.0400. The third-order valence-electron chi connectivity index (χ3n) is 3.78. The van der Waals surface area contributed by atoms with Gasteiger partial charge in [0.15, 0.2) is 0 Å². The summed E-state index contributed by atoms with van der Waals surface area (Å²) in [5, 5.41) is 0. The molecule has 0 aromatic carbocycles. The van der Waals surface area contributed by atoms with Crippen molar-refractivity contribution in [2.45, 2.75) is 58.4 Å². The zero-order valence-corrected chi connectivity index (χ0v) is 9.77. The van der Waals surface area contributed by atoms with E-state index in [1.54, 1.807) is 0 Å². The van der Waals surface area contributed by atoms with E-state index in [2.05, 4.69) is 18.9 Å². The Morgan fingerprint density at radius 2 is 1.85 bits per heavy atom. The summed E-state index contributed by atoms with van der Waals surface area (Å²) >= 11 is 0. The Morgan fingerprint density at radius 3 is 2.23 bits per heavy atom. The number of likely N-dealkylation sites (tertiary alicyclic amines) is 1. The van der Waals surface area contributed by atoms with E-state index in [9.17, 15) is 0 Å². The maximum absolute atomic E-state index is 2.61. The van der Waals surface area contributed by atoms with E-state index in [1.807, 2.05) is 13.8 Å². The van der Waals surface area contributed by atoms with Gasteiger partial charge in [0.25, 0.3) is 0 Å². The van der Waals surface area contributed by atoms with Gasteiger partial charge in [-0.1, -0.05) is 20.8 Å². The van der Waals surface area contributed by atoms with Crippen molar-refractivity contribution in [1.29, 1.82) is 0 Å². The van der Waals surface area contributed by atoms with Gasteiger partial charge < -0.3 is 4.90 Å². The SMILES string of the molecule is CC.CC1CCN(C)C2(CCC2)C1. The molecule has 1 saturated heterocycles. The quantitative estimate of drug-likeness (QED) is 0.557. The maximum Gasteiger partial charge on any atom is 0.0209 e. The third kappa shape index (κ3) is 2.07. The number of nitrogens with zero attached hydrogens (tertiary/aromatic N) is 1. The first-order valence-electron chi connectivity index (χ1n) is 5.94. The molecule has 1 heterocycles. The molecule has 1 nitrogen and oxygen atoms in total. The molecule has 1 heteroatoms. The van der Waals surface area contributed by atoms with E-state index in [0.717, 1.165) is 5.92 Å². The molecule has 0 N–H and O–H groups in total. The van der Waals surface area contributed by atoms with Gasteiger partial charge >= 0.3 is 0 Å². The van der Waals surface area contributed by atoms with Gasteiger partial charge in [-0.3, -0.25) is 0 Å².